The number of phenols is 1. The monoisotopic (exact) mass is 258 g/mol. The Hall–Kier alpha value is -2.00. The fraction of sp³-hybridized carbons (Fsp3) is 0.0714. The average molecular weight is 259 g/mol. The summed E-state index contributed by atoms with van der Waals surface area (Å²) >= 11 is 6.21. The van der Waals surface area contributed by atoms with Gasteiger partial charge in [0.1, 0.15) is 11.6 Å². The predicted octanol–water partition coefficient (Wildman–Crippen LogP) is 3.90. The topological polar surface area (TPSA) is 48.9 Å². The summed E-state index contributed by atoms with van der Waals surface area (Å²) in [5.41, 5.74) is 3.57. The van der Waals surface area contributed by atoms with E-state index in [4.69, 9.17) is 11.6 Å². The number of hydrogen-bond donors (Lipinski definition) is 2. The second-order valence-electron chi connectivity index (χ2n) is 4.27. The van der Waals surface area contributed by atoms with E-state index >= 15 is 0 Å². The van der Waals surface area contributed by atoms with Crippen molar-refractivity contribution in [2.24, 2.45) is 0 Å². The van der Waals surface area contributed by atoms with E-state index in [-0.39, 0.29) is 5.75 Å². The zero-order valence-electron chi connectivity index (χ0n) is 9.74. The van der Waals surface area contributed by atoms with Gasteiger partial charge in [-0.05, 0) is 36.8 Å². The second kappa shape index (κ2) is 4.03. The highest BCUT2D eigenvalue weighted by Gasteiger charge is 2.09. The molecule has 18 heavy (non-hydrogen) atoms. The maximum absolute atomic E-state index is 9.43. The van der Waals surface area contributed by atoms with E-state index in [1.165, 1.54) is 0 Å². The van der Waals surface area contributed by atoms with Gasteiger partial charge in [0.05, 0.1) is 16.1 Å². The van der Waals surface area contributed by atoms with Gasteiger partial charge in [-0.1, -0.05) is 17.7 Å². The van der Waals surface area contributed by atoms with E-state index in [9.17, 15) is 5.11 Å². The molecule has 0 saturated heterocycles. The number of aromatic hydroxyl groups is 1. The van der Waals surface area contributed by atoms with Crippen molar-refractivity contribution >= 4 is 22.6 Å². The van der Waals surface area contributed by atoms with Gasteiger partial charge in [-0.2, -0.15) is 0 Å². The third kappa shape index (κ3) is 1.83. The highest BCUT2D eigenvalue weighted by Crippen LogP contribution is 2.29. The van der Waals surface area contributed by atoms with E-state index in [0.717, 1.165) is 22.2 Å². The molecule has 3 rings (SSSR count). The Labute approximate surface area is 109 Å². The van der Waals surface area contributed by atoms with Crippen molar-refractivity contribution in [3.8, 4) is 17.1 Å². The highest BCUT2D eigenvalue weighted by molar-refractivity contribution is 6.33. The molecule has 1 heterocycles. The largest absolute Gasteiger partial charge is 0.508 e. The molecule has 3 nitrogen and oxygen atoms in total. The Bertz CT molecular complexity index is 734. The number of fused-ring (bicyclic) bond motifs is 1. The van der Waals surface area contributed by atoms with Gasteiger partial charge in [-0.25, -0.2) is 4.98 Å². The molecule has 1 aromatic heterocycles. The molecule has 2 aromatic carbocycles. The fourth-order valence-electron chi connectivity index (χ4n) is 1.94. The molecular formula is C14H11ClN2O. The maximum atomic E-state index is 9.43. The number of phenolic OH excluding ortho intramolecular Hbond substituents is 1. The van der Waals surface area contributed by atoms with Crippen LogP contribution >= 0.6 is 11.6 Å². The van der Waals surface area contributed by atoms with Crippen molar-refractivity contribution in [1.82, 2.24) is 9.97 Å². The van der Waals surface area contributed by atoms with Crippen LogP contribution in [0, 0.1) is 6.92 Å². The second-order valence-corrected chi connectivity index (χ2v) is 4.68. The van der Waals surface area contributed by atoms with Gasteiger partial charge in [0.2, 0.25) is 0 Å². The number of aryl methyl sites for hydroxylation is 1. The summed E-state index contributed by atoms with van der Waals surface area (Å²) in [6.07, 6.45) is 0. The van der Waals surface area contributed by atoms with Crippen LogP contribution in [0.3, 0.4) is 0 Å². The van der Waals surface area contributed by atoms with Gasteiger partial charge in [0.15, 0.2) is 0 Å². The SMILES string of the molecule is Cc1ccc(-c2nc3ccc(O)cc3[nH]2)c(Cl)c1. The van der Waals surface area contributed by atoms with Crippen LogP contribution in [-0.2, 0) is 0 Å². The summed E-state index contributed by atoms with van der Waals surface area (Å²) in [6.45, 7) is 1.99. The molecule has 0 unspecified atom stereocenters. The summed E-state index contributed by atoms with van der Waals surface area (Å²) in [5, 5.41) is 10.1. The Balaban J connectivity index is 2.19. The summed E-state index contributed by atoms with van der Waals surface area (Å²) in [5.74, 6) is 0.924. The number of hydrogen-bond acceptors (Lipinski definition) is 2. The molecule has 0 aliphatic carbocycles. The lowest BCUT2D eigenvalue weighted by Gasteiger charge is -2.01. The van der Waals surface area contributed by atoms with E-state index in [1.54, 1.807) is 18.2 Å². The van der Waals surface area contributed by atoms with E-state index in [1.807, 2.05) is 25.1 Å². The van der Waals surface area contributed by atoms with E-state index in [2.05, 4.69) is 9.97 Å². The standard InChI is InChI=1S/C14H11ClN2O/c1-8-2-4-10(11(15)6-8)14-16-12-5-3-9(18)7-13(12)17-14/h2-7,18H,1H3,(H,16,17). The van der Waals surface area contributed by atoms with Gasteiger partial charge < -0.3 is 10.1 Å². The number of halogens is 1. The zero-order chi connectivity index (χ0) is 12.7. The Morgan fingerprint density at radius 1 is 1.17 bits per heavy atom. The third-order valence-electron chi connectivity index (χ3n) is 2.85. The van der Waals surface area contributed by atoms with Gasteiger partial charge >= 0.3 is 0 Å². The van der Waals surface area contributed by atoms with Gasteiger partial charge in [0, 0.05) is 11.6 Å². The minimum Gasteiger partial charge on any atom is -0.508 e. The molecule has 0 saturated carbocycles. The van der Waals surface area contributed by atoms with Crippen LogP contribution in [0.1, 0.15) is 5.56 Å². The smallest absolute Gasteiger partial charge is 0.139 e. The molecule has 3 aromatic rings. The van der Waals surface area contributed by atoms with Crippen LogP contribution in [0.5, 0.6) is 5.75 Å². The number of nitrogens with zero attached hydrogens (tertiary/aromatic N) is 1. The summed E-state index contributed by atoms with van der Waals surface area (Å²) in [4.78, 5) is 7.62. The molecule has 0 spiro atoms. The first-order chi connectivity index (χ1) is 8.63. The summed E-state index contributed by atoms with van der Waals surface area (Å²) in [7, 11) is 0. The third-order valence-corrected chi connectivity index (χ3v) is 3.16. The molecule has 0 aliphatic rings. The molecule has 4 heteroatoms. The van der Waals surface area contributed by atoms with E-state index < -0.39 is 0 Å². The quantitative estimate of drug-likeness (QED) is 0.695. The first-order valence-electron chi connectivity index (χ1n) is 5.59. The number of aromatic amines is 1. The lowest BCUT2D eigenvalue weighted by molar-refractivity contribution is 0.476. The van der Waals surface area contributed by atoms with Crippen LogP contribution in [0.15, 0.2) is 36.4 Å². The summed E-state index contributed by atoms with van der Waals surface area (Å²) < 4.78 is 0. The predicted molar refractivity (Wildman–Crippen MR) is 72.9 cm³/mol. The number of nitrogens with one attached hydrogen (secondary N) is 1. The highest BCUT2D eigenvalue weighted by atomic mass is 35.5. The molecule has 0 bridgehead atoms. The van der Waals surface area contributed by atoms with Gasteiger partial charge in [-0.3, -0.25) is 0 Å². The first-order valence-corrected chi connectivity index (χ1v) is 5.96. The van der Waals surface area contributed by atoms with E-state index in [0.29, 0.717) is 10.8 Å². The molecule has 0 fully saturated rings. The first kappa shape index (κ1) is 11.1. The van der Waals surface area contributed by atoms with Crippen molar-refractivity contribution in [3.63, 3.8) is 0 Å². The van der Waals surface area contributed by atoms with Crippen molar-refractivity contribution in [2.75, 3.05) is 0 Å². The van der Waals surface area contributed by atoms with Crippen molar-refractivity contribution in [3.05, 3.63) is 47.0 Å². The Morgan fingerprint density at radius 3 is 2.78 bits per heavy atom. The number of imidazole rings is 1. The Kier molecular flexibility index (Phi) is 2.49. The minimum absolute atomic E-state index is 0.215. The number of rotatable bonds is 1. The molecule has 0 atom stereocenters. The van der Waals surface area contributed by atoms with Crippen LogP contribution in [0.2, 0.25) is 5.02 Å². The van der Waals surface area contributed by atoms with Crippen LogP contribution in [0.4, 0.5) is 0 Å². The molecule has 0 aliphatic heterocycles. The molecule has 90 valence electrons. The lowest BCUT2D eigenvalue weighted by Crippen LogP contribution is -1.83. The molecule has 0 radical (unpaired) electrons. The van der Waals surface area contributed by atoms with Crippen molar-refractivity contribution in [2.45, 2.75) is 6.92 Å². The van der Waals surface area contributed by atoms with Crippen LogP contribution < -0.4 is 0 Å². The molecule has 2 N–H and O–H groups in total. The molecule has 0 amide bonds. The van der Waals surface area contributed by atoms with Gasteiger partial charge in [-0.15, -0.1) is 0 Å². The van der Waals surface area contributed by atoms with Crippen molar-refractivity contribution in [1.29, 1.82) is 0 Å². The normalized spacial score (nSPS) is 11.0. The van der Waals surface area contributed by atoms with Crippen LogP contribution in [-0.4, -0.2) is 15.1 Å². The fourth-order valence-corrected chi connectivity index (χ4v) is 2.26. The van der Waals surface area contributed by atoms with Gasteiger partial charge in [0.25, 0.3) is 0 Å². The summed E-state index contributed by atoms with van der Waals surface area (Å²) in [6, 6.07) is 10.9. The zero-order valence-corrected chi connectivity index (χ0v) is 10.5. The van der Waals surface area contributed by atoms with Crippen molar-refractivity contribution < 1.29 is 5.11 Å². The number of H-pyrrole nitrogens is 1. The average Bonchev–Trinajstić information content (AvgIpc) is 2.71. The number of aromatic nitrogens is 2. The maximum Gasteiger partial charge on any atom is 0.139 e. The number of benzene rings is 2. The van der Waals surface area contributed by atoms with Crippen LogP contribution in [0.25, 0.3) is 22.4 Å². The lowest BCUT2D eigenvalue weighted by atomic mass is 10.1. The minimum atomic E-state index is 0.215. The Morgan fingerprint density at radius 2 is 2.00 bits per heavy atom. The molecular weight excluding hydrogens is 248 g/mol.